The summed E-state index contributed by atoms with van der Waals surface area (Å²) in [5, 5.41) is 1.56. The van der Waals surface area contributed by atoms with Crippen LogP contribution in [0.3, 0.4) is 0 Å². The number of rotatable bonds is 5. The van der Waals surface area contributed by atoms with Crippen LogP contribution in [0.1, 0.15) is 15.4 Å². The highest BCUT2D eigenvalue weighted by Crippen LogP contribution is 2.29. The first-order chi connectivity index (χ1) is 11.4. The standard InChI is InChI=1S/C15H16N2O5S2/c1-10-4-3-5-13(16-10)22-11-8-17(9-11)24(19,20)12-6-7-23-14(12)15(18)21-2/h3-7,11H,8-9H2,1-2H3. The number of aromatic nitrogens is 1. The van der Waals surface area contributed by atoms with Crippen molar-refractivity contribution in [3.63, 3.8) is 0 Å². The van der Waals surface area contributed by atoms with Crippen molar-refractivity contribution >= 4 is 27.3 Å². The van der Waals surface area contributed by atoms with Crippen LogP contribution >= 0.6 is 11.3 Å². The quantitative estimate of drug-likeness (QED) is 0.747. The smallest absolute Gasteiger partial charge is 0.349 e. The van der Waals surface area contributed by atoms with E-state index in [1.54, 1.807) is 11.4 Å². The Kier molecular flexibility index (Phi) is 4.57. The van der Waals surface area contributed by atoms with E-state index in [1.165, 1.54) is 17.5 Å². The maximum absolute atomic E-state index is 12.6. The topological polar surface area (TPSA) is 85.8 Å². The van der Waals surface area contributed by atoms with Gasteiger partial charge in [-0.2, -0.15) is 4.31 Å². The molecule has 7 nitrogen and oxygen atoms in total. The lowest BCUT2D eigenvalue weighted by Gasteiger charge is -2.37. The van der Waals surface area contributed by atoms with Crippen LogP contribution in [0.5, 0.6) is 5.88 Å². The summed E-state index contributed by atoms with van der Waals surface area (Å²) >= 11 is 1.04. The number of sulfonamides is 1. The van der Waals surface area contributed by atoms with Gasteiger partial charge in [-0.3, -0.25) is 0 Å². The van der Waals surface area contributed by atoms with Crippen molar-refractivity contribution in [3.05, 3.63) is 40.2 Å². The summed E-state index contributed by atoms with van der Waals surface area (Å²) in [7, 11) is -2.51. The van der Waals surface area contributed by atoms with Gasteiger partial charge < -0.3 is 9.47 Å². The number of ether oxygens (including phenoxy) is 2. The van der Waals surface area contributed by atoms with Gasteiger partial charge in [0.05, 0.1) is 20.2 Å². The van der Waals surface area contributed by atoms with Crippen molar-refractivity contribution < 1.29 is 22.7 Å². The molecule has 0 bridgehead atoms. The minimum atomic E-state index is -3.74. The van der Waals surface area contributed by atoms with Crippen LogP contribution in [0, 0.1) is 6.92 Å². The van der Waals surface area contributed by atoms with Gasteiger partial charge >= 0.3 is 5.97 Å². The second-order valence-electron chi connectivity index (χ2n) is 5.28. The average Bonchev–Trinajstić information content (AvgIpc) is 3.00. The summed E-state index contributed by atoms with van der Waals surface area (Å²) in [4.78, 5) is 16.0. The first kappa shape index (κ1) is 16.9. The molecule has 1 aliphatic rings. The number of methoxy groups -OCH3 is 1. The Morgan fingerprint density at radius 3 is 2.75 bits per heavy atom. The molecule has 1 saturated heterocycles. The Morgan fingerprint density at radius 1 is 1.33 bits per heavy atom. The molecule has 128 valence electrons. The number of pyridine rings is 1. The molecule has 2 aromatic heterocycles. The van der Waals surface area contributed by atoms with Crippen LogP contribution in [0.15, 0.2) is 34.5 Å². The fourth-order valence-corrected chi connectivity index (χ4v) is 5.12. The first-order valence-electron chi connectivity index (χ1n) is 7.18. The van der Waals surface area contributed by atoms with Gasteiger partial charge in [0.25, 0.3) is 0 Å². The Balaban J connectivity index is 1.69. The number of carbonyl (C=O) groups excluding carboxylic acids is 1. The highest BCUT2D eigenvalue weighted by atomic mass is 32.2. The van der Waals surface area contributed by atoms with E-state index >= 15 is 0 Å². The van der Waals surface area contributed by atoms with E-state index < -0.39 is 16.0 Å². The SMILES string of the molecule is COC(=O)c1sccc1S(=O)(=O)N1CC(Oc2cccc(C)n2)C1. The maximum atomic E-state index is 12.6. The fraction of sp³-hybridized carbons (Fsp3) is 0.333. The molecule has 0 saturated carbocycles. The minimum Gasteiger partial charge on any atom is -0.472 e. The Bertz CT molecular complexity index is 856. The number of aryl methyl sites for hydroxylation is 1. The summed E-state index contributed by atoms with van der Waals surface area (Å²) < 4.78 is 36.8. The van der Waals surface area contributed by atoms with Crippen LogP contribution in [0.25, 0.3) is 0 Å². The lowest BCUT2D eigenvalue weighted by atomic mass is 10.2. The van der Waals surface area contributed by atoms with E-state index in [2.05, 4.69) is 9.72 Å². The number of thiophene rings is 1. The molecule has 0 radical (unpaired) electrons. The molecule has 0 spiro atoms. The van der Waals surface area contributed by atoms with Gasteiger partial charge in [-0.05, 0) is 24.4 Å². The van der Waals surface area contributed by atoms with Gasteiger partial charge in [-0.1, -0.05) is 6.07 Å². The lowest BCUT2D eigenvalue weighted by molar-refractivity contribution is 0.0600. The van der Waals surface area contributed by atoms with Crippen LogP contribution in [0.2, 0.25) is 0 Å². The minimum absolute atomic E-state index is 0.0218. The van der Waals surface area contributed by atoms with E-state index in [-0.39, 0.29) is 29.0 Å². The lowest BCUT2D eigenvalue weighted by Crippen LogP contribution is -2.56. The Hall–Kier alpha value is -1.97. The van der Waals surface area contributed by atoms with E-state index in [0.717, 1.165) is 17.0 Å². The molecule has 2 aromatic rings. The van der Waals surface area contributed by atoms with Gasteiger partial charge in [-0.15, -0.1) is 11.3 Å². The Morgan fingerprint density at radius 2 is 2.08 bits per heavy atom. The maximum Gasteiger partial charge on any atom is 0.349 e. The summed E-state index contributed by atoms with van der Waals surface area (Å²) in [6, 6.07) is 6.84. The molecule has 3 heterocycles. The molecular weight excluding hydrogens is 352 g/mol. The van der Waals surface area contributed by atoms with Gasteiger partial charge in [0.2, 0.25) is 15.9 Å². The molecule has 9 heteroatoms. The van der Waals surface area contributed by atoms with Crippen molar-refractivity contribution in [2.24, 2.45) is 0 Å². The van der Waals surface area contributed by atoms with Crippen molar-refractivity contribution in [2.45, 2.75) is 17.9 Å². The highest BCUT2D eigenvalue weighted by molar-refractivity contribution is 7.89. The number of esters is 1. The van der Waals surface area contributed by atoms with Crippen molar-refractivity contribution in [1.29, 1.82) is 0 Å². The normalized spacial score (nSPS) is 15.8. The fourth-order valence-electron chi connectivity index (χ4n) is 2.31. The molecule has 0 N–H and O–H groups in total. The molecule has 0 atom stereocenters. The summed E-state index contributed by atoms with van der Waals surface area (Å²) in [5.74, 6) is -0.177. The summed E-state index contributed by atoms with van der Waals surface area (Å²) in [5.41, 5.74) is 0.831. The molecular formula is C15H16N2O5S2. The molecule has 0 aliphatic carbocycles. The zero-order valence-electron chi connectivity index (χ0n) is 13.1. The van der Waals surface area contributed by atoms with E-state index in [1.807, 2.05) is 19.1 Å². The van der Waals surface area contributed by atoms with Crippen LogP contribution in [-0.2, 0) is 14.8 Å². The van der Waals surface area contributed by atoms with Crippen LogP contribution < -0.4 is 4.74 Å². The number of carbonyl (C=O) groups is 1. The van der Waals surface area contributed by atoms with Gasteiger partial charge in [-0.25, -0.2) is 18.2 Å². The molecule has 1 fully saturated rings. The monoisotopic (exact) mass is 368 g/mol. The van der Waals surface area contributed by atoms with E-state index in [4.69, 9.17) is 4.74 Å². The third-order valence-corrected chi connectivity index (χ3v) is 6.48. The predicted molar refractivity (Wildman–Crippen MR) is 87.8 cm³/mol. The average molecular weight is 368 g/mol. The van der Waals surface area contributed by atoms with E-state index in [0.29, 0.717) is 5.88 Å². The zero-order chi connectivity index (χ0) is 17.3. The third-order valence-electron chi connectivity index (χ3n) is 3.58. The summed E-state index contributed by atoms with van der Waals surface area (Å²) in [6.45, 7) is 2.29. The summed E-state index contributed by atoms with van der Waals surface area (Å²) in [6.07, 6.45) is -0.255. The molecule has 1 aliphatic heterocycles. The molecule has 24 heavy (non-hydrogen) atoms. The molecule has 0 aromatic carbocycles. The van der Waals surface area contributed by atoms with Crippen molar-refractivity contribution in [1.82, 2.24) is 9.29 Å². The van der Waals surface area contributed by atoms with Crippen molar-refractivity contribution in [3.8, 4) is 5.88 Å². The van der Waals surface area contributed by atoms with Crippen molar-refractivity contribution in [2.75, 3.05) is 20.2 Å². The number of hydrogen-bond donors (Lipinski definition) is 0. The van der Waals surface area contributed by atoms with Gasteiger partial charge in [0, 0.05) is 11.8 Å². The van der Waals surface area contributed by atoms with Crippen LogP contribution in [-0.4, -0.2) is 50.0 Å². The molecule has 0 amide bonds. The highest BCUT2D eigenvalue weighted by Gasteiger charge is 2.40. The largest absolute Gasteiger partial charge is 0.472 e. The number of nitrogens with zero attached hydrogens (tertiary/aromatic N) is 2. The second-order valence-corrected chi connectivity index (χ2v) is 8.11. The van der Waals surface area contributed by atoms with Gasteiger partial charge in [0.15, 0.2) is 0 Å². The molecule has 0 unspecified atom stereocenters. The zero-order valence-corrected chi connectivity index (χ0v) is 14.8. The third kappa shape index (κ3) is 3.14. The predicted octanol–water partition coefficient (Wildman–Crippen LogP) is 1.69. The first-order valence-corrected chi connectivity index (χ1v) is 9.50. The number of hydrogen-bond acceptors (Lipinski definition) is 7. The Labute approximate surface area is 143 Å². The van der Waals surface area contributed by atoms with Crippen LogP contribution in [0.4, 0.5) is 0 Å². The van der Waals surface area contributed by atoms with Gasteiger partial charge in [0.1, 0.15) is 15.9 Å². The van der Waals surface area contributed by atoms with E-state index in [9.17, 15) is 13.2 Å². The second kappa shape index (κ2) is 6.50. The molecule has 3 rings (SSSR count).